The third kappa shape index (κ3) is 4.87. The molecule has 1 unspecified atom stereocenters. The summed E-state index contributed by atoms with van der Waals surface area (Å²) in [5.74, 6) is 0. The van der Waals surface area contributed by atoms with Gasteiger partial charge in [0, 0.05) is 6.54 Å². The summed E-state index contributed by atoms with van der Waals surface area (Å²) in [5.41, 5.74) is 4.99. The largest absolute Gasteiger partial charge is 0.443 e. The highest BCUT2D eigenvalue weighted by Crippen LogP contribution is 2.30. The average Bonchev–Trinajstić information content (AvgIpc) is 2.36. The van der Waals surface area contributed by atoms with Crippen LogP contribution in [0.5, 0.6) is 0 Å². The van der Waals surface area contributed by atoms with E-state index in [4.69, 9.17) is 10.5 Å². The van der Waals surface area contributed by atoms with Crippen LogP contribution >= 0.6 is 0 Å². The molecule has 2 N–H and O–H groups in total. The molecule has 0 radical (unpaired) electrons. The predicted octanol–water partition coefficient (Wildman–Crippen LogP) is 3.23. The molecule has 1 aromatic rings. The third-order valence-corrected chi connectivity index (χ3v) is 2.75. The summed E-state index contributed by atoms with van der Waals surface area (Å²) in [7, 11) is 0. The summed E-state index contributed by atoms with van der Waals surface area (Å²) < 4.78 is 44.2. The lowest BCUT2D eigenvalue weighted by Crippen LogP contribution is -2.49. The maximum atomic E-state index is 13.0. The second-order valence-electron chi connectivity index (χ2n) is 5.78. The summed E-state index contributed by atoms with van der Waals surface area (Å²) in [6.45, 7) is 5.79. The van der Waals surface area contributed by atoms with Gasteiger partial charge in [-0.1, -0.05) is 0 Å². The fourth-order valence-electron chi connectivity index (χ4n) is 1.62. The van der Waals surface area contributed by atoms with Crippen LogP contribution in [0, 0.1) is 0 Å². The third-order valence-electron chi connectivity index (χ3n) is 2.75. The van der Waals surface area contributed by atoms with Gasteiger partial charge >= 0.3 is 12.3 Å². The fourth-order valence-corrected chi connectivity index (χ4v) is 1.62. The van der Waals surface area contributed by atoms with Gasteiger partial charge in [-0.05, 0) is 39.8 Å². The Morgan fingerprint density at radius 3 is 2.32 bits per heavy atom. The SMILES string of the molecule is CC(N(C(=O)OC(C)(C)C)c1ccc(CN)nc1)C(F)(F)F. The molecule has 0 saturated carbocycles. The molecule has 1 heterocycles. The topological polar surface area (TPSA) is 68.5 Å². The van der Waals surface area contributed by atoms with Crippen LogP contribution < -0.4 is 10.6 Å². The molecular formula is C14H20F3N3O2. The second-order valence-corrected chi connectivity index (χ2v) is 5.78. The van der Waals surface area contributed by atoms with Crippen molar-refractivity contribution < 1.29 is 22.7 Å². The first kappa shape index (κ1) is 18.2. The summed E-state index contributed by atoms with van der Waals surface area (Å²) >= 11 is 0. The number of aromatic nitrogens is 1. The quantitative estimate of drug-likeness (QED) is 0.928. The molecule has 1 rings (SSSR count). The normalized spacial score (nSPS) is 13.6. The van der Waals surface area contributed by atoms with Gasteiger partial charge in [0.05, 0.1) is 17.6 Å². The van der Waals surface area contributed by atoms with Crippen molar-refractivity contribution in [2.24, 2.45) is 5.73 Å². The number of amides is 1. The summed E-state index contributed by atoms with van der Waals surface area (Å²) in [5, 5.41) is 0. The number of nitrogens with two attached hydrogens (primary N) is 1. The molecule has 0 spiro atoms. The Kier molecular flexibility index (Phi) is 5.39. The average molecular weight is 319 g/mol. The van der Waals surface area contributed by atoms with Crippen molar-refractivity contribution >= 4 is 11.8 Å². The van der Waals surface area contributed by atoms with E-state index in [2.05, 4.69) is 4.98 Å². The van der Waals surface area contributed by atoms with Gasteiger partial charge in [-0.15, -0.1) is 0 Å². The Balaban J connectivity index is 3.18. The molecule has 0 saturated heterocycles. The smallest absolute Gasteiger partial charge is 0.415 e. The number of hydrogen-bond donors (Lipinski definition) is 1. The molecule has 124 valence electrons. The maximum absolute atomic E-state index is 13.0. The van der Waals surface area contributed by atoms with Crippen LogP contribution in [-0.2, 0) is 11.3 Å². The van der Waals surface area contributed by atoms with Crippen molar-refractivity contribution in [2.75, 3.05) is 4.90 Å². The number of carbonyl (C=O) groups excluding carboxylic acids is 1. The van der Waals surface area contributed by atoms with Gasteiger partial charge < -0.3 is 10.5 Å². The van der Waals surface area contributed by atoms with E-state index < -0.39 is 23.9 Å². The molecule has 22 heavy (non-hydrogen) atoms. The molecule has 0 fully saturated rings. The molecule has 0 aliphatic rings. The minimum absolute atomic E-state index is 0.00345. The van der Waals surface area contributed by atoms with E-state index in [0.29, 0.717) is 10.6 Å². The Morgan fingerprint density at radius 1 is 1.36 bits per heavy atom. The molecule has 1 amide bonds. The lowest BCUT2D eigenvalue weighted by Gasteiger charge is -2.32. The minimum Gasteiger partial charge on any atom is -0.443 e. The van der Waals surface area contributed by atoms with E-state index in [9.17, 15) is 18.0 Å². The van der Waals surface area contributed by atoms with Crippen molar-refractivity contribution in [1.29, 1.82) is 0 Å². The fraction of sp³-hybridized carbons (Fsp3) is 0.571. The Hall–Kier alpha value is -1.83. The highest BCUT2D eigenvalue weighted by atomic mass is 19.4. The van der Waals surface area contributed by atoms with Gasteiger partial charge in [0.15, 0.2) is 0 Å². The van der Waals surface area contributed by atoms with Crippen LogP contribution in [0.25, 0.3) is 0 Å². The first-order valence-electron chi connectivity index (χ1n) is 6.69. The number of alkyl halides is 3. The molecule has 0 bridgehead atoms. The predicted molar refractivity (Wildman–Crippen MR) is 76.4 cm³/mol. The van der Waals surface area contributed by atoms with Crippen LogP contribution in [0.4, 0.5) is 23.7 Å². The van der Waals surface area contributed by atoms with E-state index in [0.717, 1.165) is 6.92 Å². The highest BCUT2D eigenvalue weighted by Gasteiger charge is 2.44. The van der Waals surface area contributed by atoms with Crippen LogP contribution in [-0.4, -0.2) is 28.9 Å². The number of ether oxygens (including phenoxy) is 1. The van der Waals surface area contributed by atoms with Gasteiger partial charge in [0.2, 0.25) is 0 Å². The summed E-state index contributed by atoms with van der Waals surface area (Å²) in [4.78, 5) is 16.6. The van der Waals surface area contributed by atoms with Crippen molar-refractivity contribution in [3.8, 4) is 0 Å². The zero-order chi connectivity index (χ0) is 17.1. The van der Waals surface area contributed by atoms with Gasteiger partial charge in [-0.2, -0.15) is 13.2 Å². The van der Waals surface area contributed by atoms with E-state index in [1.807, 2.05) is 0 Å². The van der Waals surface area contributed by atoms with Gasteiger partial charge in [0.1, 0.15) is 11.6 Å². The van der Waals surface area contributed by atoms with Crippen LogP contribution in [0.3, 0.4) is 0 Å². The van der Waals surface area contributed by atoms with E-state index in [1.165, 1.54) is 18.3 Å². The van der Waals surface area contributed by atoms with E-state index in [-0.39, 0.29) is 12.2 Å². The van der Waals surface area contributed by atoms with Gasteiger partial charge in [-0.25, -0.2) is 4.79 Å². The molecule has 1 atom stereocenters. The van der Waals surface area contributed by atoms with Crippen LogP contribution in [0.1, 0.15) is 33.4 Å². The molecule has 1 aromatic heterocycles. The zero-order valence-electron chi connectivity index (χ0n) is 12.9. The van der Waals surface area contributed by atoms with Crippen molar-refractivity contribution in [1.82, 2.24) is 4.98 Å². The van der Waals surface area contributed by atoms with Gasteiger partial charge in [0.25, 0.3) is 0 Å². The second kappa shape index (κ2) is 6.51. The Bertz CT molecular complexity index is 510. The van der Waals surface area contributed by atoms with E-state index in [1.54, 1.807) is 20.8 Å². The molecule has 0 aliphatic heterocycles. The summed E-state index contributed by atoms with van der Waals surface area (Å²) in [6, 6.07) is 0.782. The molecular weight excluding hydrogens is 299 g/mol. The minimum atomic E-state index is -4.59. The monoisotopic (exact) mass is 319 g/mol. The van der Waals surface area contributed by atoms with Crippen molar-refractivity contribution in [3.05, 3.63) is 24.0 Å². The number of anilines is 1. The van der Waals surface area contributed by atoms with Gasteiger partial charge in [-0.3, -0.25) is 9.88 Å². The number of halogens is 3. The number of pyridine rings is 1. The molecule has 0 aliphatic carbocycles. The Labute approximate surface area is 127 Å². The highest BCUT2D eigenvalue weighted by molar-refractivity contribution is 5.88. The Morgan fingerprint density at radius 2 is 1.95 bits per heavy atom. The lowest BCUT2D eigenvalue weighted by molar-refractivity contribution is -0.144. The zero-order valence-corrected chi connectivity index (χ0v) is 12.9. The van der Waals surface area contributed by atoms with E-state index >= 15 is 0 Å². The standard InChI is InChI=1S/C14H20F3N3O2/c1-9(14(15,16)17)20(12(21)22-13(2,3)4)11-6-5-10(7-18)19-8-11/h5-6,8-9H,7,18H2,1-4H3. The molecule has 8 heteroatoms. The number of hydrogen-bond acceptors (Lipinski definition) is 4. The first-order valence-corrected chi connectivity index (χ1v) is 6.69. The summed E-state index contributed by atoms with van der Waals surface area (Å²) in [6.07, 6.45) is -4.50. The first-order chi connectivity index (χ1) is 9.95. The van der Waals surface area contributed by atoms with Crippen LogP contribution in [0.2, 0.25) is 0 Å². The maximum Gasteiger partial charge on any atom is 0.415 e. The number of rotatable bonds is 3. The number of nitrogens with zero attached hydrogens (tertiary/aromatic N) is 2. The van der Waals surface area contributed by atoms with Crippen molar-refractivity contribution in [2.45, 2.75) is 52.1 Å². The lowest BCUT2D eigenvalue weighted by atomic mass is 10.2. The molecule has 0 aromatic carbocycles. The van der Waals surface area contributed by atoms with Crippen molar-refractivity contribution in [3.63, 3.8) is 0 Å². The van der Waals surface area contributed by atoms with Crippen LogP contribution in [0.15, 0.2) is 18.3 Å². The molecule has 5 nitrogen and oxygen atoms in total. The number of carbonyl (C=O) groups is 1.